The number of hydrogen-bond acceptors (Lipinski definition) is 8. The van der Waals surface area contributed by atoms with Crippen LogP contribution in [0.15, 0.2) is 36.7 Å². The summed E-state index contributed by atoms with van der Waals surface area (Å²) in [6.07, 6.45) is 5.05. The van der Waals surface area contributed by atoms with Crippen molar-refractivity contribution in [3.63, 3.8) is 0 Å². The first-order valence-corrected chi connectivity index (χ1v) is 9.69. The molecule has 30 heavy (non-hydrogen) atoms. The van der Waals surface area contributed by atoms with Crippen molar-refractivity contribution in [2.24, 2.45) is 5.92 Å². The lowest BCUT2D eigenvalue weighted by Crippen LogP contribution is -2.23. The summed E-state index contributed by atoms with van der Waals surface area (Å²) in [4.78, 5) is 8.14. The molecular weight excluding hydrogens is 384 g/mol. The van der Waals surface area contributed by atoms with Crippen molar-refractivity contribution in [3.05, 3.63) is 42.4 Å². The van der Waals surface area contributed by atoms with Gasteiger partial charge in [0.15, 0.2) is 11.5 Å². The number of benzene rings is 1. The van der Waals surface area contributed by atoms with Gasteiger partial charge >= 0.3 is 0 Å². The molecule has 154 valence electrons. The van der Waals surface area contributed by atoms with Crippen molar-refractivity contribution in [2.75, 3.05) is 32.2 Å². The quantitative estimate of drug-likeness (QED) is 0.614. The predicted molar refractivity (Wildman–Crippen MR) is 110 cm³/mol. The summed E-state index contributed by atoms with van der Waals surface area (Å²) in [6.45, 7) is 2.14. The maximum Gasteiger partial charge on any atom is 0.158 e. The summed E-state index contributed by atoms with van der Waals surface area (Å²) in [7, 11) is 1.62. The maximum atomic E-state index is 8.83. The molecule has 0 bridgehead atoms. The number of rotatable bonds is 7. The standard InChI is InChI=1S/C21H22N6O3/c1-28-17-5-2-6-18(30-13-14-4-3-7-29-12-14)21(17)16-8-19(27-26-16)25-20-11-23-15(9-22)10-24-20/h2,5-6,8,10-11,14H,3-4,7,12-13H2,1H3,(H2,24,25,26,27)/t14-/m0/s1. The molecule has 0 unspecified atom stereocenters. The van der Waals surface area contributed by atoms with Gasteiger partial charge in [-0.05, 0) is 25.0 Å². The first kappa shape index (κ1) is 19.7. The van der Waals surface area contributed by atoms with Crippen LogP contribution in [-0.2, 0) is 4.74 Å². The number of anilines is 2. The normalized spacial score (nSPS) is 15.9. The van der Waals surface area contributed by atoms with E-state index in [0.717, 1.165) is 37.3 Å². The van der Waals surface area contributed by atoms with Gasteiger partial charge in [0.25, 0.3) is 0 Å². The molecule has 0 amide bonds. The number of aromatic amines is 1. The van der Waals surface area contributed by atoms with Gasteiger partial charge in [-0.15, -0.1) is 0 Å². The average molecular weight is 406 g/mol. The lowest BCUT2D eigenvalue weighted by atomic mass is 10.0. The van der Waals surface area contributed by atoms with E-state index in [0.29, 0.717) is 35.7 Å². The third-order valence-corrected chi connectivity index (χ3v) is 4.81. The Bertz CT molecular complexity index is 1020. The number of H-pyrrole nitrogens is 1. The van der Waals surface area contributed by atoms with Crippen molar-refractivity contribution >= 4 is 11.6 Å². The molecular formula is C21H22N6O3. The van der Waals surface area contributed by atoms with Crippen LogP contribution in [0.4, 0.5) is 11.6 Å². The summed E-state index contributed by atoms with van der Waals surface area (Å²) < 4.78 is 17.3. The van der Waals surface area contributed by atoms with Crippen LogP contribution in [-0.4, -0.2) is 47.1 Å². The summed E-state index contributed by atoms with van der Waals surface area (Å²) in [5.74, 6) is 2.82. The van der Waals surface area contributed by atoms with Gasteiger partial charge in [0.1, 0.15) is 23.4 Å². The van der Waals surface area contributed by atoms with E-state index >= 15 is 0 Å². The van der Waals surface area contributed by atoms with Crippen molar-refractivity contribution in [1.29, 1.82) is 5.26 Å². The Hall–Kier alpha value is -3.64. The molecule has 0 aliphatic carbocycles. The molecule has 3 heterocycles. The summed E-state index contributed by atoms with van der Waals surface area (Å²) in [5.41, 5.74) is 1.79. The Labute approximate surface area is 174 Å². The minimum absolute atomic E-state index is 0.252. The maximum absolute atomic E-state index is 8.83. The van der Waals surface area contributed by atoms with Crippen molar-refractivity contribution in [2.45, 2.75) is 12.8 Å². The van der Waals surface area contributed by atoms with E-state index < -0.39 is 0 Å². The van der Waals surface area contributed by atoms with E-state index in [9.17, 15) is 0 Å². The molecule has 0 radical (unpaired) electrons. The van der Waals surface area contributed by atoms with Gasteiger partial charge in [-0.25, -0.2) is 9.97 Å². The van der Waals surface area contributed by atoms with Crippen LogP contribution in [0.3, 0.4) is 0 Å². The molecule has 1 aliphatic rings. The molecule has 2 N–H and O–H groups in total. The number of ether oxygens (including phenoxy) is 3. The van der Waals surface area contributed by atoms with E-state index in [-0.39, 0.29) is 5.69 Å². The molecule has 3 aromatic rings. The van der Waals surface area contributed by atoms with Crippen molar-refractivity contribution in [1.82, 2.24) is 20.2 Å². The zero-order valence-electron chi connectivity index (χ0n) is 16.6. The minimum atomic E-state index is 0.252. The van der Waals surface area contributed by atoms with Crippen LogP contribution >= 0.6 is 0 Å². The average Bonchev–Trinajstić information content (AvgIpc) is 3.26. The molecule has 0 spiro atoms. The second-order valence-corrected chi connectivity index (χ2v) is 6.92. The molecule has 1 fully saturated rings. The lowest BCUT2D eigenvalue weighted by molar-refractivity contribution is 0.0352. The monoisotopic (exact) mass is 406 g/mol. The van der Waals surface area contributed by atoms with E-state index in [1.165, 1.54) is 12.4 Å². The molecule has 4 rings (SSSR count). The summed E-state index contributed by atoms with van der Waals surface area (Å²) in [6, 6.07) is 9.48. The first-order chi connectivity index (χ1) is 14.8. The van der Waals surface area contributed by atoms with Crippen molar-refractivity contribution < 1.29 is 14.2 Å². The van der Waals surface area contributed by atoms with Gasteiger partial charge < -0.3 is 19.5 Å². The van der Waals surface area contributed by atoms with Crippen LogP contribution in [0, 0.1) is 17.2 Å². The number of hydrogen-bond donors (Lipinski definition) is 2. The van der Waals surface area contributed by atoms with Crippen LogP contribution in [0.1, 0.15) is 18.5 Å². The number of methoxy groups -OCH3 is 1. The highest BCUT2D eigenvalue weighted by atomic mass is 16.5. The molecule has 1 atom stereocenters. The molecule has 0 saturated carbocycles. The molecule has 1 aliphatic heterocycles. The lowest BCUT2D eigenvalue weighted by Gasteiger charge is -2.23. The van der Waals surface area contributed by atoms with Crippen LogP contribution in [0.25, 0.3) is 11.3 Å². The largest absolute Gasteiger partial charge is 0.496 e. The fourth-order valence-electron chi connectivity index (χ4n) is 3.31. The fraction of sp³-hybridized carbons (Fsp3) is 0.333. The first-order valence-electron chi connectivity index (χ1n) is 9.69. The minimum Gasteiger partial charge on any atom is -0.496 e. The SMILES string of the molecule is COc1cccc(OC[C@H]2CCCOC2)c1-c1cc(Nc2cnc(C#N)cn2)n[nH]1. The molecule has 1 aromatic carbocycles. The van der Waals surface area contributed by atoms with Crippen LogP contribution in [0.5, 0.6) is 11.5 Å². The Balaban J connectivity index is 1.54. The zero-order chi connectivity index (χ0) is 20.8. The Kier molecular flexibility index (Phi) is 6.06. The highest BCUT2D eigenvalue weighted by molar-refractivity contribution is 5.76. The number of nitrogens with zero attached hydrogens (tertiary/aromatic N) is 4. The molecule has 9 nitrogen and oxygen atoms in total. The van der Waals surface area contributed by atoms with Gasteiger partial charge in [-0.2, -0.15) is 10.4 Å². The van der Waals surface area contributed by atoms with Gasteiger partial charge in [0.2, 0.25) is 0 Å². The van der Waals surface area contributed by atoms with Crippen LogP contribution in [0.2, 0.25) is 0 Å². The molecule has 9 heteroatoms. The van der Waals surface area contributed by atoms with Gasteiger partial charge in [0, 0.05) is 18.6 Å². The zero-order valence-corrected chi connectivity index (χ0v) is 16.6. The van der Waals surface area contributed by atoms with E-state index in [1.807, 2.05) is 30.3 Å². The van der Waals surface area contributed by atoms with E-state index in [4.69, 9.17) is 19.5 Å². The van der Waals surface area contributed by atoms with E-state index in [1.54, 1.807) is 7.11 Å². The Morgan fingerprint density at radius 3 is 2.90 bits per heavy atom. The second kappa shape index (κ2) is 9.24. The predicted octanol–water partition coefficient (Wildman–Crippen LogP) is 3.30. The third-order valence-electron chi connectivity index (χ3n) is 4.81. The smallest absolute Gasteiger partial charge is 0.158 e. The van der Waals surface area contributed by atoms with Gasteiger partial charge in [-0.1, -0.05) is 6.07 Å². The fourth-order valence-corrected chi connectivity index (χ4v) is 3.31. The Morgan fingerprint density at radius 2 is 2.17 bits per heavy atom. The number of nitriles is 1. The number of aromatic nitrogens is 4. The topological polar surface area (TPSA) is 118 Å². The van der Waals surface area contributed by atoms with Gasteiger partial charge in [-0.3, -0.25) is 5.10 Å². The van der Waals surface area contributed by atoms with Crippen molar-refractivity contribution in [3.8, 4) is 28.8 Å². The summed E-state index contributed by atoms with van der Waals surface area (Å²) in [5, 5.41) is 19.2. The highest BCUT2D eigenvalue weighted by Gasteiger charge is 2.19. The Morgan fingerprint density at radius 1 is 1.27 bits per heavy atom. The summed E-state index contributed by atoms with van der Waals surface area (Å²) >= 11 is 0. The molecule has 1 saturated heterocycles. The van der Waals surface area contributed by atoms with Gasteiger partial charge in [0.05, 0.1) is 44.0 Å². The number of nitrogens with one attached hydrogen (secondary N) is 2. The highest BCUT2D eigenvalue weighted by Crippen LogP contribution is 2.38. The molecule has 2 aromatic heterocycles. The third kappa shape index (κ3) is 4.50. The van der Waals surface area contributed by atoms with Crippen LogP contribution < -0.4 is 14.8 Å². The van der Waals surface area contributed by atoms with E-state index in [2.05, 4.69) is 25.5 Å². The second-order valence-electron chi connectivity index (χ2n) is 6.92.